The van der Waals surface area contributed by atoms with Gasteiger partial charge in [-0.05, 0) is 0 Å². The Morgan fingerprint density at radius 3 is 3.25 bits per heavy atom. The fourth-order valence-electron chi connectivity index (χ4n) is 0.993. The Hall–Kier alpha value is -1.72. The van der Waals surface area contributed by atoms with Gasteiger partial charge in [-0.2, -0.15) is 5.10 Å². The lowest BCUT2D eigenvalue weighted by Gasteiger charge is -1.92. The van der Waals surface area contributed by atoms with Crippen molar-refractivity contribution in [3.8, 4) is 0 Å². The summed E-state index contributed by atoms with van der Waals surface area (Å²) in [6.45, 7) is -0.778. The lowest BCUT2D eigenvalue weighted by Crippen LogP contribution is -2.06. The van der Waals surface area contributed by atoms with E-state index in [0.29, 0.717) is 5.39 Å². The van der Waals surface area contributed by atoms with Crippen LogP contribution < -0.4 is 5.56 Å². The van der Waals surface area contributed by atoms with E-state index < -0.39 is 6.80 Å². The van der Waals surface area contributed by atoms with Crippen LogP contribution in [0, 0.1) is 0 Å². The highest BCUT2D eigenvalue weighted by molar-refractivity contribution is 5.72. The summed E-state index contributed by atoms with van der Waals surface area (Å²) in [7, 11) is 0. The number of aromatic nitrogens is 4. The van der Waals surface area contributed by atoms with Gasteiger partial charge in [0.15, 0.2) is 12.4 Å². The molecule has 0 fully saturated rings. The third-order valence-electron chi connectivity index (χ3n) is 1.55. The van der Waals surface area contributed by atoms with Gasteiger partial charge in [0, 0.05) is 0 Å². The highest BCUT2D eigenvalue weighted by atomic mass is 19.1. The van der Waals surface area contributed by atoms with Gasteiger partial charge >= 0.3 is 0 Å². The van der Waals surface area contributed by atoms with Gasteiger partial charge in [0.05, 0.1) is 12.5 Å². The van der Waals surface area contributed by atoms with Crippen molar-refractivity contribution in [1.29, 1.82) is 0 Å². The zero-order valence-corrected chi connectivity index (χ0v) is 5.99. The second kappa shape index (κ2) is 2.40. The van der Waals surface area contributed by atoms with Crippen molar-refractivity contribution in [2.45, 2.75) is 6.80 Å². The van der Waals surface area contributed by atoms with E-state index in [2.05, 4.69) is 15.1 Å². The van der Waals surface area contributed by atoms with Gasteiger partial charge in [-0.3, -0.25) is 4.79 Å². The Bertz CT molecular complexity index is 460. The van der Waals surface area contributed by atoms with Gasteiger partial charge < -0.3 is 4.98 Å². The Morgan fingerprint density at radius 2 is 2.50 bits per heavy atom. The van der Waals surface area contributed by atoms with Crippen molar-refractivity contribution >= 4 is 11.0 Å². The number of fused-ring (bicyclic) bond motifs is 1. The van der Waals surface area contributed by atoms with E-state index in [4.69, 9.17) is 0 Å². The molecule has 0 amide bonds. The van der Waals surface area contributed by atoms with E-state index >= 15 is 0 Å². The predicted octanol–water partition coefficient (Wildman–Crippen LogP) is 0.0466. The number of nitrogens with one attached hydrogen (secondary N) is 1. The minimum absolute atomic E-state index is 0.265. The minimum Gasteiger partial charge on any atom is -0.312 e. The molecule has 0 aliphatic heterocycles. The molecule has 0 saturated heterocycles. The van der Waals surface area contributed by atoms with E-state index in [-0.39, 0.29) is 11.2 Å². The first-order valence-corrected chi connectivity index (χ1v) is 3.28. The van der Waals surface area contributed by atoms with Crippen LogP contribution in [-0.4, -0.2) is 19.7 Å². The third-order valence-corrected chi connectivity index (χ3v) is 1.55. The molecule has 0 aliphatic rings. The monoisotopic (exact) mass is 168 g/mol. The van der Waals surface area contributed by atoms with E-state index in [1.54, 1.807) is 0 Å². The molecule has 0 atom stereocenters. The molecule has 5 nitrogen and oxygen atoms in total. The maximum atomic E-state index is 12.2. The normalized spacial score (nSPS) is 10.8. The van der Waals surface area contributed by atoms with Crippen LogP contribution in [0.25, 0.3) is 11.0 Å². The molecule has 0 saturated carbocycles. The Balaban J connectivity index is 2.89. The standard InChI is InChI=1S/C6H5FN4O/c7-2-11-5-4(1-10-11)6(12)9-3-8-5/h1,3H,2H2,(H,8,9,12). The zero-order valence-electron chi connectivity index (χ0n) is 5.99. The molecule has 2 aromatic heterocycles. The molecule has 1 N–H and O–H groups in total. The summed E-state index contributed by atoms with van der Waals surface area (Å²) in [4.78, 5) is 17.2. The number of hydrogen-bond acceptors (Lipinski definition) is 3. The first kappa shape index (κ1) is 6.96. The zero-order chi connectivity index (χ0) is 8.55. The first-order chi connectivity index (χ1) is 5.83. The Labute approximate surface area is 65.9 Å². The molecule has 12 heavy (non-hydrogen) atoms. The second-order valence-electron chi connectivity index (χ2n) is 2.23. The van der Waals surface area contributed by atoms with Crippen molar-refractivity contribution in [3.05, 3.63) is 22.9 Å². The molecule has 0 radical (unpaired) electrons. The van der Waals surface area contributed by atoms with Crippen molar-refractivity contribution in [1.82, 2.24) is 19.7 Å². The fraction of sp³-hybridized carbons (Fsp3) is 0.167. The van der Waals surface area contributed by atoms with Crippen molar-refractivity contribution in [2.24, 2.45) is 0 Å². The van der Waals surface area contributed by atoms with Crippen LogP contribution in [-0.2, 0) is 6.80 Å². The number of hydrogen-bond donors (Lipinski definition) is 1. The van der Waals surface area contributed by atoms with Crippen LogP contribution >= 0.6 is 0 Å². The lowest BCUT2D eigenvalue weighted by atomic mass is 10.4. The van der Waals surface area contributed by atoms with Crippen molar-refractivity contribution in [3.63, 3.8) is 0 Å². The fourth-order valence-corrected chi connectivity index (χ4v) is 0.993. The number of H-pyrrole nitrogens is 1. The quantitative estimate of drug-likeness (QED) is 0.654. The van der Waals surface area contributed by atoms with Crippen LogP contribution in [0.4, 0.5) is 4.39 Å². The molecule has 0 unspecified atom stereocenters. The van der Waals surface area contributed by atoms with Crippen LogP contribution in [0.15, 0.2) is 17.3 Å². The number of nitrogens with zero attached hydrogens (tertiary/aromatic N) is 3. The summed E-state index contributed by atoms with van der Waals surface area (Å²) in [5.74, 6) is 0. The van der Waals surface area contributed by atoms with E-state index in [9.17, 15) is 9.18 Å². The maximum Gasteiger partial charge on any atom is 0.261 e. The molecule has 2 rings (SSSR count). The molecule has 0 bridgehead atoms. The third kappa shape index (κ3) is 0.810. The predicted molar refractivity (Wildman–Crippen MR) is 39.3 cm³/mol. The molecule has 6 heteroatoms. The summed E-state index contributed by atoms with van der Waals surface area (Å²) >= 11 is 0. The van der Waals surface area contributed by atoms with Crippen LogP contribution in [0.3, 0.4) is 0 Å². The minimum atomic E-state index is -0.778. The molecule has 0 aromatic carbocycles. The molecular weight excluding hydrogens is 163 g/mol. The highest BCUT2D eigenvalue weighted by Crippen LogP contribution is 2.03. The number of rotatable bonds is 1. The van der Waals surface area contributed by atoms with Gasteiger partial charge in [0.1, 0.15) is 5.39 Å². The lowest BCUT2D eigenvalue weighted by molar-refractivity contribution is 0.357. The summed E-state index contributed by atoms with van der Waals surface area (Å²) in [6.07, 6.45) is 2.51. The largest absolute Gasteiger partial charge is 0.312 e. The van der Waals surface area contributed by atoms with Gasteiger partial charge in [0.2, 0.25) is 0 Å². The average Bonchev–Trinajstić information content (AvgIpc) is 2.49. The van der Waals surface area contributed by atoms with E-state index in [1.807, 2.05) is 0 Å². The van der Waals surface area contributed by atoms with Crippen LogP contribution in [0.1, 0.15) is 0 Å². The second-order valence-corrected chi connectivity index (χ2v) is 2.23. The summed E-state index contributed by atoms with van der Waals surface area (Å²) in [5.41, 5.74) is -0.0408. The number of alkyl halides is 1. The summed E-state index contributed by atoms with van der Waals surface area (Å²) in [6, 6.07) is 0. The number of halogens is 1. The molecule has 62 valence electrons. The highest BCUT2D eigenvalue weighted by Gasteiger charge is 2.04. The summed E-state index contributed by atoms with van der Waals surface area (Å²) < 4.78 is 13.2. The van der Waals surface area contributed by atoms with Crippen LogP contribution in [0.5, 0.6) is 0 Å². The van der Waals surface area contributed by atoms with Gasteiger partial charge in [-0.1, -0.05) is 0 Å². The summed E-state index contributed by atoms with van der Waals surface area (Å²) in [5, 5.41) is 3.93. The van der Waals surface area contributed by atoms with Crippen LogP contribution in [0.2, 0.25) is 0 Å². The number of aromatic amines is 1. The van der Waals surface area contributed by atoms with Gasteiger partial charge in [-0.25, -0.2) is 14.1 Å². The maximum absolute atomic E-state index is 12.2. The molecule has 2 heterocycles. The molecule has 2 aromatic rings. The van der Waals surface area contributed by atoms with Gasteiger partial charge in [0.25, 0.3) is 5.56 Å². The Kier molecular flexibility index (Phi) is 1.39. The Morgan fingerprint density at radius 1 is 1.67 bits per heavy atom. The van der Waals surface area contributed by atoms with Crippen molar-refractivity contribution < 1.29 is 4.39 Å². The SMILES string of the molecule is O=c1[nH]cnc2c1cnn2CF. The van der Waals surface area contributed by atoms with E-state index in [1.165, 1.54) is 12.5 Å². The topological polar surface area (TPSA) is 63.6 Å². The molecular formula is C6H5FN4O. The molecule has 0 spiro atoms. The smallest absolute Gasteiger partial charge is 0.261 e. The molecule has 0 aliphatic carbocycles. The van der Waals surface area contributed by atoms with E-state index in [0.717, 1.165) is 4.68 Å². The first-order valence-electron chi connectivity index (χ1n) is 3.28. The average molecular weight is 168 g/mol. The van der Waals surface area contributed by atoms with Gasteiger partial charge in [-0.15, -0.1) is 0 Å². The van der Waals surface area contributed by atoms with Crippen molar-refractivity contribution in [2.75, 3.05) is 0 Å².